The summed E-state index contributed by atoms with van der Waals surface area (Å²) in [6, 6.07) is -0.0348. The molecule has 0 radical (unpaired) electrons. The smallest absolute Gasteiger partial charge is 0.230 e. The number of amides is 2. The van der Waals surface area contributed by atoms with E-state index in [2.05, 4.69) is 5.32 Å². The van der Waals surface area contributed by atoms with E-state index in [1.165, 1.54) is 0 Å². The summed E-state index contributed by atoms with van der Waals surface area (Å²) in [5, 5.41) is 2.90. The number of likely N-dealkylation sites (tertiary alicyclic amines) is 1. The molecule has 2 rings (SSSR count). The quantitative estimate of drug-likeness (QED) is 0.663. The van der Waals surface area contributed by atoms with Crippen molar-refractivity contribution < 1.29 is 14.3 Å². The second-order valence-corrected chi connectivity index (χ2v) is 4.70. The molecule has 0 bridgehead atoms. The van der Waals surface area contributed by atoms with E-state index in [0.717, 1.165) is 0 Å². The minimum absolute atomic E-state index is 0.00171. The summed E-state index contributed by atoms with van der Waals surface area (Å²) in [5.74, 6) is 0.0946. The van der Waals surface area contributed by atoms with E-state index in [0.29, 0.717) is 26.2 Å². The van der Waals surface area contributed by atoms with Gasteiger partial charge in [-0.2, -0.15) is 0 Å². The lowest BCUT2D eigenvalue weighted by molar-refractivity contribution is -0.158. The van der Waals surface area contributed by atoms with Crippen LogP contribution in [0.5, 0.6) is 0 Å². The molecular formula is C10H16N2O3. The Balaban J connectivity index is 1.87. The molecule has 0 saturated carbocycles. The summed E-state index contributed by atoms with van der Waals surface area (Å²) < 4.78 is 5.03. The average Bonchev–Trinajstić information content (AvgIpc) is 2.41. The van der Waals surface area contributed by atoms with Crippen LogP contribution in [-0.4, -0.2) is 49.6 Å². The van der Waals surface area contributed by atoms with Crippen LogP contribution in [0.25, 0.3) is 0 Å². The average molecular weight is 212 g/mol. The van der Waals surface area contributed by atoms with E-state index in [1.807, 2.05) is 6.92 Å². The third-order valence-corrected chi connectivity index (χ3v) is 3.07. The van der Waals surface area contributed by atoms with Crippen molar-refractivity contribution in [3.8, 4) is 0 Å². The van der Waals surface area contributed by atoms with Crippen molar-refractivity contribution in [3.05, 3.63) is 0 Å². The van der Waals surface area contributed by atoms with Gasteiger partial charge in [0.15, 0.2) is 0 Å². The molecule has 15 heavy (non-hydrogen) atoms. The standard InChI is InChI=1S/C10H16N2O3/c1-10(5-15-6-10)9(14)11-7-3-8(13)12(2)4-7/h7H,3-6H2,1-2H3,(H,11,14). The maximum atomic E-state index is 11.8. The lowest BCUT2D eigenvalue weighted by atomic mass is 9.87. The van der Waals surface area contributed by atoms with Gasteiger partial charge in [0.25, 0.3) is 0 Å². The summed E-state index contributed by atoms with van der Waals surface area (Å²) in [5.41, 5.74) is -0.385. The van der Waals surface area contributed by atoms with Crippen LogP contribution in [0.15, 0.2) is 0 Å². The summed E-state index contributed by atoms with van der Waals surface area (Å²) in [6.45, 7) is 3.46. The van der Waals surface area contributed by atoms with Crippen LogP contribution in [0.1, 0.15) is 13.3 Å². The molecule has 1 atom stereocenters. The molecule has 2 saturated heterocycles. The zero-order valence-electron chi connectivity index (χ0n) is 9.08. The predicted molar refractivity (Wildman–Crippen MR) is 53.1 cm³/mol. The van der Waals surface area contributed by atoms with Gasteiger partial charge in [0.1, 0.15) is 0 Å². The van der Waals surface area contributed by atoms with Gasteiger partial charge in [0.2, 0.25) is 11.8 Å². The van der Waals surface area contributed by atoms with E-state index in [-0.39, 0.29) is 23.3 Å². The van der Waals surface area contributed by atoms with Crippen LogP contribution >= 0.6 is 0 Å². The number of nitrogens with zero attached hydrogens (tertiary/aromatic N) is 1. The van der Waals surface area contributed by atoms with Gasteiger partial charge >= 0.3 is 0 Å². The maximum absolute atomic E-state index is 11.8. The first-order valence-corrected chi connectivity index (χ1v) is 5.14. The monoisotopic (exact) mass is 212 g/mol. The molecule has 5 heteroatoms. The fourth-order valence-electron chi connectivity index (χ4n) is 1.86. The highest BCUT2D eigenvalue weighted by Crippen LogP contribution is 2.27. The SMILES string of the molecule is CN1CC(NC(=O)C2(C)COC2)CC1=O. The Labute approximate surface area is 88.8 Å². The van der Waals surface area contributed by atoms with Gasteiger partial charge in [-0.1, -0.05) is 0 Å². The number of rotatable bonds is 2. The van der Waals surface area contributed by atoms with Crippen LogP contribution in [0.4, 0.5) is 0 Å². The number of carbonyl (C=O) groups excluding carboxylic acids is 2. The van der Waals surface area contributed by atoms with Crippen molar-refractivity contribution >= 4 is 11.8 Å². The van der Waals surface area contributed by atoms with Gasteiger partial charge in [-0.05, 0) is 6.92 Å². The lowest BCUT2D eigenvalue weighted by Crippen LogP contribution is -2.54. The second kappa shape index (κ2) is 3.48. The molecule has 2 amide bonds. The first kappa shape index (κ1) is 10.4. The molecule has 0 aliphatic carbocycles. The highest BCUT2D eigenvalue weighted by Gasteiger charge is 2.42. The summed E-state index contributed by atoms with van der Waals surface area (Å²) in [7, 11) is 1.75. The molecule has 0 spiro atoms. The molecule has 2 heterocycles. The van der Waals surface area contributed by atoms with E-state index in [4.69, 9.17) is 4.74 Å². The number of likely N-dealkylation sites (N-methyl/N-ethyl adjacent to an activating group) is 1. The molecule has 1 unspecified atom stereocenters. The van der Waals surface area contributed by atoms with Crippen LogP contribution in [0.3, 0.4) is 0 Å². The molecule has 5 nitrogen and oxygen atoms in total. The minimum Gasteiger partial charge on any atom is -0.379 e. The highest BCUT2D eigenvalue weighted by molar-refractivity contribution is 5.85. The summed E-state index contributed by atoms with van der Waals surface area (Å²) >= 11 is 0. The molecule has 2 fully saturated rings. The molecule has 0 aromatic rings. The fourth-order valence-corrected chi connectivity index (χ4v) is 1.86. The van der Waals surface area contributed by atoms with E-state index in [9.17, 15) is 9.59 Å². The van der Waals surface area contributed by atoms with Crippen molar-refractivity contribution in [1.82, 2.24) is 10.2 Å². The number of nitrogens with one attached hydrogen (secondary N) is 1. The van der Waals surface area contributed by atoms with Gasteiger partial charge in [0.05, 0.1) is 24.7 Å². The van der Waals surface area contributed by atoms with Gasteiger partial charge in [-0.25, -0.2) is 0 Å². The third-order valence-electron chi connectivity index (χ3n) is 3.07. The molecule has 84 valence electrons. The molecule has 0 aromatic carbocycles. The Bertz CT molecular complexity index is 299. The van der Waals surface area contributed by atoms with Crippen LogP contribution in [0, 0.1) is 5.41 Å². The van der Waals surface area contributed by atoms with Gasteiger partial charge in [-0.3, -0.25) is 9.59 Å². The largest absolute Gasteiger partial charge is 0.379 e. The van der Waals surface area contributed by atoms with Crippen molar-refractivity contribution in [2.45, 2.75) is 19.4 Å². The van der Waals surface area contributed by atoms with Gasteiger partial charge < -0.3 is 15.0 Å². The van der Waals surface area contributed by atoms with Gasteiger partial charge in [-0.15, -0.1) is 0 Å². The van der Waals surface area contributed by atoms with Crippen molar-refractivity contribution in [1.29, 1.82) is 0 Å². The molecular weight excluding hydrogens is 196 g/mol. The molecule has 2 aliphatic heterocycles. The lowest BCUT2D eigenvalue weighted by Gasteiger charge is -2.37. The molecule has 1 N–H and O–H groups in total. The Hall–Kier alpha value is -1.10. The number of carbonyl (C=O) groups is 2. The van der Waals surface area contributed by atoms with Crippen LogP contribution in [0.2, 0.25) is 0 Å². The maximum Gasteiger partial charge on any atom is 0.230 e. The van der Waals surface area contributed by atoms with Crippen molar-refractivity contribution in [2.75, 3.05) is 26.8 Å². The summed E-state index contributed by atoms with van der Waals surface area (Å²) in [6.07, 6.45) is 0.416. The Morgan fingerprint density at radius 1 is 1.60 bits per heavy atom. The van der Waals surface area contributed by atoms with Gasteiger partial charge in [0, 0.05) is 20.0 Å². The highest BCUT2D eigenvalue weighted by atomic mass is 16.5. The Kier molecular flexibility index (Phi) is 2.42. The minimum atomic E-state index is -0.385. The van der Waals surface area contributed by atoms with E-state index >= 15 is 0 Å². The summed E-state index contributed by atoms with van der Waals surface area (Å²) in [4.78, 5) is 24.7. The number of ether oxygens (including phenoxy) is 1. The first-order valence-electron chi connectivity index (χ1n) is 5.14. The van der Waals surface area contributed by atoms with Crippen LogP contribution in [-0.2, 0) is 14.3 Å². The zero-order valence-corrected chi connectivity index (χ0v) is 9.08. The second-order valence-electron chi connectivity index (χ2n) is 4.70. The zero-order chi connectivity index (χ0) is 11.1. The predicted octanol–water partition coefficient (Wildman–Crippen LogP) is -0.630. The van der Waals surface area contributed by atoms with Crippen molar-refractivity contribution in [2.24, 2.45) is 5.41 Å². The number of hydrogen-bond donors (Lipinski definition) is 1. The molecule has 2 aliphatic rings. The van der Waals surface area contributed by atoms with E-state index in [1.54, 1.807) is 11.9 Å². The van der Waals surface area contributed by atoms with E-state index < -0.39 is 0 Å². The third kappa shape index (κ3) is 1.84. The van der Waals surface area contributed by atoms with Crippen LogP contribution < -0.4 is 5.32 Å². The van der Waals surface area contributed by atoms with Crippen molar-refractivity contribution in [3.63, 3.8) is 0 Å². The Morgan fingerprint density at radius 2 is 2.27 bits per heavy atom. The molecule has 0 aromatic heterocycles. The fraction of sp³-hybridized carbons (Fsp3) is 0.800. The first-order chi connectivity index (χ1) is 7.01. The Morgan fingerprint density at radius 3 is 2.67 bits per heavy atom. The topological polar surface area (TPSA) is 58.6 Å². The normalized spacial score (nSPS) is 28.8. The number of hydrogen-bond acceptors (Lipinski definition) is 3.